The van der Waals surface area contributed by atoms with Crippen molar-refractivity contribution in [2.75, 3.05) is 20.7 Å². The van der Waals surface area contributed by atoms with Crippen LogP contribution in [0, 0.1) is 27.7 Å². The quantitative estimate of drug-likeness (QED) is 0.189. The average Bonchev–Trinajstić information content (AvgIpc) is 3.51. The molecule has 0 aliphatic carbocycles. The van der Waals surface area contributed by atoms with E-state index in [0.29, 0.717) is 22.6 Å². The zero-order chi connectivity index (χ0) is 33.2. The summed E-state index contributed by atoms with van der Waals surface area (Å²) in [6, 6.07) is 27.9. The van der Waals surface area contributed by atoms with E-state index in [1.807, 2.05) is 126 Å². The number of amides is 2. The van der Waals surface area contributed by atoms with E-state index < -0.39 is 0 Å². The highest BCUT2D eigenvalue weighted by molar-refractivity contribution is 7.99. The van der Waals surface area contributed by atoms with Crippen molar-refractivity contribution in [1.82, 2.24) is 0 Å². The minimum Gasteiger partial charge on any atom is -0.361 e. The maximum absolute atomic E-state index is 13.1. The second kappa shape index (κ2) is 13.1. The highest BCUT2D eigenvalue weighted by Gasteiger charge is 2.30. The first-order valence-corrected chi connectivity index (χ1v) is 16.1. The molecule has 0 radical (unpaired) electrons. The summed E-state index contributed by atoms with van der Waals surface area (Å²) in [6.07, 6.45) is 3.44. The summed E-state index contributed by atoms with van der Waals surface area (Å²) < 4.78 is 0. The van der Waals surface area contributed by atoms with Crippen LogP contribution in [0.3, 0.4) is 0 Å². The molecule has 2 aliphatic rings. The Labute approximate surface area is 279 Å². The topological polar surface area (TPSA) is 89.4 Å². The van der Waals surface area contributed by atoms with Crippen molar-refractivity contribution >= 4 is 57.7 Å². The number of aryl methyl sites for hydroxylation is 4. The Hall–Kier alpha value is -5.41. The van der Waals surface area contributed by atoms with Gasteiger partial charge in [-0.1, -0.05) is 23.9 Å². The molecule has 2 heterocycles. The van der Waals surface area contributed by atoms with E-state index in [0.717, 1.165) is 43.7 Å². The van der Waals surface area contributed by atoms with E-state index in [1.165, 1.54) is 21.1 Å². The lowest BCUT2D eigenvalue weighted by Gasteiger charge is -2.13. The lowest BCUT2D eigenvalue weighted by molar-refractivity contribution is -0.115. The third-order valence-corrected chi connectivity index (χ3v) is 9.32. The molecule has 2 N–H and O–H groups in total. The summed E-state index contributed by atoms with van der Waals surface area (Å²) in [6.45, 7) is 11.8. The minimum absolute atomic E-state index is 0.156. The Kier molecular flexibility index (Phi) is 8.82. The van der Waals surface area contributed by atoms with Crippen molar-refractivity contribution in [1.29, 1.82) is 0 Å². The summed E-state index contributed by atoms with van der Waals surface area (Å²) in [7, 11) is 0. The lowest BCUT2D eigenvalue weighted by atomic mass is 10.1. The van der Waals surface area contributed by atoms with Crippen LogP contribution in [0.5, 0.6) is 0 Å². The number of carbonyl (C=O) groups is 2. The van der Waals surface area contributed by atoms with Gasteiger partial charge in [-0.2, -0.15) is 20.2 Å². The van der Waals surface area contributed by atoms with E-state index in [4.69, 9.17) is 0 Å². The van der Waals surface area contributed by atoms with Gasteiger partial charge in [0.15, 0.2) is 0 Å². The van der Waals surface area contributed by atoms with Gasteiger partial charge in [0.1, 0.15) is 0 Å². The molecular formula is C38H36N6O2S. The summed E-state index contributed by atoms with van der Waals surface area (Å²) in [5.41, 5.74) is 10.2. The molecule has 236 valence electrons. The molecule has 6 rings (SSSR count). The molecule has 8 nitrogen and oxygen atoms in total. The smallest absolute Gasteiger partial charge is 0.282 e. The van der Waals surface area contributed by atoms with Crippen molar-refractivity contribution in [3.63, 3.8) is 0 Å². The number of anilines is 4. The van der Waals surface area contributed by atoms with Gasteiger partial charge in [-0.25, -0.2) is 0 Å². The van der Waals surface area contributed by atoms with Gasteiger partial charge in [0.25, 0.3) is 11.8 Å². The summed E-state index contributed by atoms with van der Waals surface area (Å²) in [5, 5.41) is 18.4. The van der Waals surface area contributed by atoms with E-state index >= 15 is 0 Å². The van der Waals surface area contributed by atoms with Crippen molar-refractivity contribution in [2.24, 2.45) is 10.2 Å². The van der Waals surface area contributed by atoms with E-state index in [2.05, 4.69) is 20.8 Å². The number of nitrogens with one attached hydrogen (secondary N) is 2. The average molecular weight is 641 g/mol. The molecule has 0 unspecified atom stereocenters. The Bertz CT molecular complexity index is 1860. The van der Waals surface area contributed by atoms with Gasteiger partial charge in [0, 0.05) is 33.6 Å². The zero-order valence-electron chi connectivity index (χ0n) is 27.3. The first-order chi connectivity index (χ1) is 22.6. The first kappa shape index (κ1) is 31.6. The van der Waals surface area contributed by atoms with E-state index in [9.17, 15) is 9.59 Å². The molecule has 0 saturated carbocycles. The number of hydrazone groups is 2. The van der Waals surface area contributed by atoms with Crippen molar-refractivity contribution in [2.45, 2.75) is 51.3 Å². The van der Waals surface area contributed by atoms with E-state index in [-0.39, 0.29) is 11.8 Å². The molecule has 0 saturated heterocycles. The van der Waals surface area contributed by atoms with Crippen LogP contribution in [0.1, 0.15) is 36.1 Å². The van der Waals surface area contributed by atoms with Crippen LogP contribution in [-0.2, 0) is 9.59 Å². The predicted molar refractivity (Wildman–Crippen MR) is 193 cm³/mol. The third kappa shape index (κ3) is 6.76. The molecule has 4 aromatic carbocycles. The van der Waals surface area contributed by atoms with Crippen molar-refractivity contribution in [3.8, 4) is 0 Å². The van der Waals surface area contributed by atoms with Crippen molar-refractivity contribution in [3.05, 3.63) is 131 Å². The zero-order valence-corrected chi connectivity index (χ0v) is 28.1. The fourth-order valence-electron chi connectivity index (χ4n) is 5.12. The van der Waals surface area contributed by atoms with Gasteiger partial charge in [0.2, 0.25) is 0 Å². The predicted octanol–water partition coefficient (Wildman–Crippen LogP) is 8.51. The molecule has 0 fully saturated rings. The number of carbonyl (C=O) groups excluding carboxylic acids is 2. The highest BCUT2D eigenvalue weighted by Crippen LogP contribution is 2.31. The second-order valence-corrected chi connectivity index (χ2v) is 12.8. The maximum atomic E-state index is 13.1. The normalized spacial score (nSPS) is 16.3. The number of hydrogen-bond donors (Lipinski definition) is 2. The van der Waals surface area contributed by atoms with Crippen LogP contribution in [0.15, 0.2) is 128 Å². The van der Waals surface area contributed by atoms with Crippen LogP contribution < -0.4 is 20.7 Å². The van der Waals surface area contributed by atoms with Gasteiger partial charge in [-0.15, -0.1) is 0 Å². The van der Waals surface area contributed by atoms with Gasteiger partial charge in [0.05, 0.1) is 33.9 Å². The molecule has 4 aromatic rings. The molecule has 0 aromatic heterocycles. The van der Waals surface area contributed by atoms with Gasteiger partial charge in [-0.3, -0.25) is 9.59 Å². The summed E-state index contributed by atoms with van der Waals surface area (Å²) >= 11 is 1.65. The molecule has 2 amide bonds. The van der Waals surface area contributed by atoms with Crippen LogP contribution in [0.4, 0.5) is 22.7 Å². The standard InChI is InChI=1S/C38H36N6O2S/c1-23-7-13-31(19-25(23)3)43-37(45)35(27(5)41-43)21-39-29-9-15-33(16-10-29)47-34-17-11-30(12-18-34)40-22-36-28(6)42-44(38(36)46)32-14-8-24(2)26(4)20-32/h7-22,39-40H,1-6H3/b35-21-,36-22-. The van der Waals surface area contributed by atoms with Crippen molar-refractivity contribution < 1.29 is 9.59 Å². The van der Waals surface area contributed by atoms with Gasteiger partial charge < -0.3 is 10.6 Å². The van der Waals surface area contributed by atoms with Crippen LogP contribution >= 0.6 is 11.8 Å². The Morgan fingerprint density at radius 2 is 0.915 bits per heavy atom. The van der Waals surface area contributed by atoms with Crippen LogP contribution in [-0.4, -0.2) is 23.2 Å². The van der Waals surface area contributed by atoms with E-state index in [1.54, 1.807) is 24.2 Å². The molecule has 47 heavy (non-hydrogen) atoms. The number of rotatable bonds is 8. The maximum Gasteiger partial charge on any atom is 0.282 e. The first-order valence-electron chi connectivity index (χ1n) is 15.3. The van der Waals surface area contributed by atoms with Crippen LogP contribution in [0.25, 0.3) is 0 Å². The van der Waals surface area contributed by atoms with Crippen LogP contribution in [0.2, 0.25) is 0 Å². The largest absolute Gasteiger partial charge is 0.361 e. The van der Waals surface area contributed by atoms with Gasteiger partial charge in [-0.05, 0) is 137 Å². The highest BCUT2D eigenvalue weighted by atomic mass is 32.2. The third-order valence-electron chi connectivity index (χ3n) is 8.31. The number of nitrogens with zero attached hydrogens (tertiary/aromatic N) is 4. The SMILES string of the molecule is CC1=NN(c2ccc(C)c(C)c2)C(=O)/C1=C\Nc1ccc(Sc2ccc(N/C=C3\C(=O)N(c4ccc(C)c(C)c4)N=C3C)cc2)cc1. The minimum atomic E-state index is -0.156. The fourth-order valence-corrected chi connectivity index (χ4v) is 5.94. The number of benzene rings is 4. The fraction of sp³-hybridized carbons (Fsp3) is 0.158. The molecule has 0 bridgehead atoms. The van der Waals surface area contributed by atoms with Gasteiger partial charge >= 0.3 is 0 Å². The molecule has 2 aliphatic heterocycles. The Morgan fingerprint density at radius 3 is 1.28 bits per heavy atom. The summed E-state index contributed by atoms with van der Waals surface area (Å²) in [5.74, 6) is -0.311. The Morgan fingerprint density at radius 1 is 0.532 bits per heavy atom. The second-order valence-electron chi connectivity index (χ2n) is 11.7. The molecule has 0 spiro atoms. The summed E-state index contributed by atoms with van der Waals surface area (Å²) in [4.78, 5) is 28.4. The monoisotopic (exact) mass is 640 g/mol. The molecular weight excluding hydrogens is 605 g/mol. The Balaban J connectivity index is 1.04. The molecule has 9 heteroatoms. The number of hydrogen-bond acceptors (Lipinski definition) is 7. The molecule has 0 atom stereocenters. The lowest BCUT2D eigenvalue weighted by Crippen LogP contribution is -2.22.